The van der Waals surface area contributed by atoms with E-state index in [4.69, 9.17) is 9.47 Å². The number of carbonyl (C=O) groups is 1. The summed E-state index contributed by atoms with van der Waals surface area (Å²) in [6, 6.07) is 7.88. The molecule has 1 amide bonds. The lowest BCUT2D eigenvalue weighted by Crippen LogP contribution is -2.32. The molecule has 1 N–H and O–H groups in total. The van der Waals surface area contributed by atoms with Gasteiger partial charge in [0.25, 0.3) is 15.9 Å². The molecule has 2 aromatic carbocycles. The van der Waals surface area contributed by atoms with Crippen LogP contribution in [0.4, 0.5) is 10.1 Å². The molecule has 0 saturated heterocycles. The number of rotatable bonds is 6. The molecule has 0 atom stereocenters. The van der Waals surface area contributed by atoms with Gasteiger partial charge in [0.05, 0.1) is 23.6 Å². The maximum Gasteiger partial charge on any atom is 0.262 e. The number of amides is 1. The largest absolute Gasteiger partial charge is 0.491 e. The molecule has 1 aliphatic heterocycles. The van der Waals surface area contributed by atoms with E-state index in [2.05, 4.69) is 4.72 Å². The van der Waals surface area contributed by atoms with Gasteiger partial charge in [-0.1, -0.05) is 0 Å². The molecule has 0 aliphatic carbocycles. The third-order valence-corrected chi connectivity index (χ3v) is 5.64. The number of anilines is 1. The summed E-state index contributed by atoms with van der Waals surface area (Å²) in [6.07, 6.45) is 0. The SMILES string of the molecule is CCOc1ccc(S(=O)(=O)Nc2ccc3c(c2)C(=O)N(CC)CCO3)cc1F. The van der Waals surface area contributed by atoms with E-state index < -0.39 is 15.8 Å². The van der Waals surface area contributed by atoms with Gasteiger partial charge >= 0.3 is 0 Å². The van der Waals surface area contributed by atoms with Gasteiger partial charge in [-0.3, -0.25) is 9.52 Å². The van der Waals surface area contributed by atoms with Crippen LogP contribution in [0.3, 0.4) is 0 Å². The smallest absolute Gasteiger partial charge is 0.262 e. The zero-order chi connectivity index (χ0) is 20.3. The van der Waals surface area contributed by atoms with Crippen LogP contribution in [0.25, 0.3) is 0 Å². The van der Waals surface area contributed by atoms with Gasteiger partial charge in [-0.15, -0.1) is 0 Å². The van der Waals surface area contributed by atoms with Gasteiger partial charge in [-0.05, 0) is 50.2 Å². The molecule has 150 valence electrons. The van der Waals surface area contributed by atoms with Crippen molar-refractivity contribution in [3.8, 4) is 11.5 Å². The topological polar surface area (TPSA) is 84.9 Å². The predicted molar refractivity (Wildman–Crippen MR) is 102 cm³/mol. The van der Waals surface area contributed by atoms with Gasteiger partial charge in [-0.25, -0.2) is 12.8 Å². The molecule has 0 unspecified atom stereocenters. The van der Waals surface area contributed by atoms with E-state index in [9.17, 15) is 17.6 Å². The molecule has 0 radical (unpaired) electrons. The van der Waals surface area contributed by atoms with Gasteiger partial charge in [0, 0.05) is 12.2 Å². The first-order chi connectivity index (χ1) is 13.4. The Bertz CT molecular complexity index is 994. The second kappa shape index (κ2) is 8.05. The average molecular weight is 408 g/mol. The molecule has 0 aromatic heterocycles. The van der Waals surface area contributed by atoms with Crippen molar-refractivity contribution < 1.29 is 27.1 Å². The Kier molecular flexibility index (Phi) is 5.73. The minimum Gasteiger partial charge on any atom is -0.491 e. The highest BCUT2D eigenvalue weighted by Gasteiger charge is 2.24. The molecular formula is C19H21FN2O5S. The van der Waals surface area contributed by atoms with Gasteiger partial charge in [0.2, 0.25) is 0 Å². The number of halogens is 1. The Morgan fingerprint density at radius 1 is 1.21 bits per heavy atom. The fourth-order valence-corrected chi connectivity index (χ4v) is 3.92. The highest BCUT2D eigenvalue weighted by atomic mass is 32.2. The van der Waals surface area contributed by atoms with Crippen LogP contribution in [0.2, 0.25) is 0 Å². The summed E-state index contributed by atoms with van der Waals surface area (Å²) in [5, 5.41) is 0. The van der Waals surface area contributed by atoms with E-state index in [1.165, 1.54) is 24.3 Å². The second-order valence-corrected chi connectivity index (χ2v) is 7.76. The first-order valence-corrected chi connectivity index (χ1v) is 10.3. The van der Waals surface area contributed by atoms with Gasteiger partial charge in [0.15, 0.2) is 11.6 Å². The second-order valence-electron chi connectivity index (χ2n) is 6.07. The Hall–Kier alpha value is -2.81. The number of fused-ring (bicyclic) bond motifs is 1. The van der Waals surface area contributed by atoms with E-state index in [0.717, 1.165) is 6.07 Å². The van der Waals surface area contributed by atoms with E-state index in [1.54, 1.807) is 17.9 Å². The maximum atomic E-state index is 14.0. The molecule has 7 nitrogen and oxygen atoms in total. The number of carbonyl (C=O) groups excluding carboxylic acids is 1. The summed E-state index contributed by atoms with van der Waals surface area (Å²) in [5.74, 6) is -0.623. The van der Waals surface area contributed by atoms with Crippen LogP contribution in [-0.4, -0.2) is 45.5 Å². The standard InChI is InChI=1S/C19H21FN2O5S/c1-3-22-9-10-27-17-7-5-13(11-15(17)19(22)23)21-28(24,25)14-6-8-18(26-4-2)16(20)12-14/h5-8,11-12,21H,3-4,9-10H2,1-2H3. The van der Waals surface area contributed by atoms with Crippen LogP contribution in [0.1, 0.15) is 24.2 Å². The molecular weight excluding hydrogens is 387 g/mol. The monoisotopic (exact) mass is 408 g/mol. The predicted octanol–water partition coefficient (Wildman–Crippen LogP) is 2.88. The van der Waals surface area contributed by atoms with Gasteiger partial charge in [-0.2, -0.15) is 0 Å². The van der Waals surface area contributed by atoms with E-state index >= 15 is 0 Å². The Morgan fingerprint density at radius 2 is 2.00 bits per heavy atom. The molecule has 9 heteroatoms. The summed E-state index contributed by atoms with van der Waals surface area (Å²) in [6.45, 7) is 5.16. The molecule has 0 saturated carbocycles. The number of ether oxygens (including phenoxy) is 2. The lowest BCUT2D eigenvalue weighted by atomic mass is 10.1. The first kappa shape index (κ1) is 19.9. The number of sulfonamides is 1. The molecule has 0 fully saturated rings. The Balaban J connectivity index is 1.89. The van der Waals surface area contributed by atoms with Crippen LogP contribution in [0, 0.1) is 5.82 Å². The molecule has 2 aromatic rings. The van der Waals surface area contributed by atoms with Crippen molar-refractivity contribution in [2.75, 3.05) is 31.0 Å². The van der Waals surface area contributed by atoms with Crippen molar-refractivity contribution >= 4 is 21.6 Å². The van der Waals surface area contributed by atoms with Crippen LogP contribution in [-0.2, 0) is 10.0 Å². The number of nitrogens with one attached hydrogen (secondary N) is 1. The third kappa shape index (κ3) is 4.04. The Labute approximate surface area is 163 Å². The first-order valence-electron chi connectivity index (χ1n) is 8.87. The van der Waals surface area contributed by atoms with Crippen molar-refractivity contribution in [3.63, 3.8) is 0 Å². The molecule has 0 bridgehead atoms. The summed E-state index contributed by atoms with van der Waals surface area (Å²) in [4.78, 5) is 14.0. The quantitative estimate of drug-likeness (QED) is 0.795. The van der Waals surface area contributed by atoms with Crippen LogP contribution in [0.15, 0.2) is 41.3 Å². The summed E-state index contributed by atoms with van der Waals surface area (Å²) < 4.78 is 52.3. The van der Waals surface area contributed by atoms with E-state index in [1.807, 2.05) is 6.92 Å². The fourth-order valence-electron chi connectivity index (χ4n) is 2.86. The summed E-state index contributed by atoms with van der Waals surface area (Å²) in [7, 11) is -4.05. The minimum atomic E-state index is -4.05. The van der Waals surface area contributed by atoms with Crippen LogP contribution < -0.4 is 14.2 Å². The van der Waals surface area contributed by atoms with Crippen LogP contribution in [0.5, 0.6) is 11.5 Å². The van der Waals surface area contributed by atoms with E-state index in [-0.39, 0.29) is 34.4 Å². The third-order valence-electron chi connectivity index (χ3n) is 4.26. The number of nitrogens with zero attached hydrogens (tertiary/aromatic N) is 1. The van der Waals surface area contributed by atoms with Gasteiger partial charge < -0.3 is 14.4 Å². The maximum absolute atomic E-state index is 14.0. The normalized spacial score (nSPS) is 14.1. The van der Waals surface area contributed by atoms with Crippen LogP contribution >= 0.6 is 0 Å². The fraction of sp³-hybridized carbons (Fsp3) is 0.316. The Morgan fingerprint density at radius 3 is 2.68 bits per heavy atom. The highest BCUT2D eigenvalue weighted by Crippen LogP contribution is 2.28. The van der Waals surface area contributed by atoms with Gasteiger partial charge in [0.1, 0.15) is 12.4 Å². The molecule has 0 spiro atoms. The van der Waals surface area contributed by atoms with Crippen molar-refractivity contribution in [2.45, 2.75) is 18.7 Å². The van der Waals surface area contributed by atoms with Crippen molar-refractivity contribution in [3.05, 3.63) is 47.8 Å². The molecule has 28 heavy (non-hydrogen) atoms. The van der Waals surface area contributed by atoms with Crippen molar-refractivity contribution in [2.24, 2.45) is 0 Å². The molecule has 3 rings (SSSR count). The number of benzene rings is 2. The number of hydrogen-bond acceptors (Lipinski definition) is 5. The lowest BCUT2D eigenvalue weighted by molar-refractivity contribution is 0.0765. The zero-order valence-corrected chi connectivity index (χ0v) is 16.4. The zero-order valence-electron chi connectivity index (χ0n) is 15.6. The number of likely N-dealkylation sites (N-methyl/N-ethyl adjacent to an activating group) is 1. The average Bonchev–Trinajstić information content (AvgIpc) is 2.82. The summed E-state index contributed by atoms with van der Waals surface area (Å²) in [5.41, 5.74) is 0.459. The highest BCUT2D eigenvalue weighted by molar-refractivity contribution is 7.92. The molecule has 1 aliphatic rings. The van der Waals surface area contributed by atoms with E-state index in [0.29, 0.717) is 25.4 Å². The summed E-state index contributed by atoms with van der Waals surface area (Å²) >= 11 is 0. The molecule has 1 heterocycles. The number of hydrogen-bond donors (Lipinski definition) is 1. The van der Waals surface area contributed by atoms with Crippen molar-refractivity contribution in [1.82, 2.24) is 4.90 Å². The minimum absolute atomic E-state index is 0.0196. The lowest BCUT2D eigenvalue weighted by Gasteiger charge is -2.17. The van der Waals surface area contributed by atoms with Crippen molar-refractivity contribution in [1.29, 1.82) is 0 Å².